The molecule has 1 unspecified atom stereocenters. The number of aryl methyl sites for hydroxylation is 1. The lowest BCUT2D eigenvalue weighted by molar-refractivity contribution is -0.132. The minimum Gasteiger partial charge on any atom is -0.505 e. The van der Waals surface area contributed by atoms with Crippen molar-refractivity contribution in [1.82, 2.24) is 19.6 Å². The summed E-state index contributed by atoms with van der Waals surface area (Å²) in [6, 6.07) is 16.9. The maximum absolute atomic E-state index is 13.7. The average Bonchev–Trinajstić information content (AvgIpc) is 3.69. The molecule has 1 amide bonds. The third-order valence-electron chi connectivity index (χ3n) is 7.01. The number of anilines is 1. The van der Waals surface area contributed by atoms with Gasteiger partial charge in [-0.1, -0.05) is 77.5 Å². The maximum Gasteiger partial charge on any atom is 0.301 e. The number of carbonyl (C=O) groups is 2. The lowest BCUT2D eigenvalue weighted by Crippen LogP contribution is -2.29. The SMILES string of the molecule is CCCOc1ccc(C2/C(=C(\O)c3c(C)nc4ccccn34)C(=O)C(=O)N2c2nnc(SCc3ccc(Cl)cc3Cl)s2)cc1. The fourth-order valence-electron chi connectivity index (χ4n) is 4.97. The fraction of sp³-hybridized carbons (Fsp3) is 0.194. The molecule has 3 aromatic heterocycles. The topological polar surface area (TPSA) is 110 Å². The molecule has 0 bridgehead atoms. The van der Waals surface area contributed by atoms with Gasteiger partial charge < -0.3 is 9.84 Å². The minimum atomic E-state index is -0.972. The van der Waals surface area contributed by atoms with E-state index in [1.165, 1.54) is 28.0 Å². The van der Waals surface area contributed by atoms with Gasteiger partial charge in [0, 0.05) is 22.0 Å². The maximum atomic E-state index is 13.7. The highest BCUT2D eigenvalue weighted by Gasteiger charge is 2.49. The van der Waals surface area contributed by atoms with Gasteiger partial charge in [0.2, 0.25) is 5.13 Å². The molecule has 0 saturated carbocycles. The van der Waals surface area contributed by atoms with Crippen LogP contribution < -0.4 is 9.64 Å². The van der Waals surface area contributed by atoms with Crippen LogP contribution in [0.5, 0.6) is 5.75 Å². The number of nitrogens with zero attached hydrogens (tertiary/aromatic N) is 5. The molecule has 2 aromatic carbocycles. The molecule has 0 spiro atoms. The molecule has 5 aromatic rings. The number of amides is 1. The van der Waals surface area contributed by atoms with Crippen molar-refractivity contribution in [3.8, 4) is 5.75 Å². The van der Waals surface area contributed by atoms with E-state index in [2.05, 4.69) is 15.2 Å². The minimum absolute atomic E-state index is 0.0664. The van der Waals surface area contributed by atoms with Crippen LogP contribution in [-0.4, -0.2) is 43.0 Å². The van der Waals surface area contributed by atoms with Crippen molar-refractivity contribution in [3.63, 3.8) is 0 Å². The molecule has 1 aliphatic rings. The Morgan fingerprint density at radius 1 is 1.09 bits per heavy atom. The summed E-state index contributed by atoms with van der Waals surface area (Å²) in [7, 11) is 0. The van der Waals surface area contributed by atoms with Crippen molar-refractivity contribution < 1.29 is 19.4 Å². The molecular weight excluding hydrogens is 641 g/mol. The zero-order valence-corrected chi connectivity index (χ0v) is 26.7. The third kappa shape index (κ3) is 5.68. The summed E-state index contributed by atoms with van der Waals surface area (Å²) in [5.41, 5.74) is 2.84. The number of carbonyl (C=O) groups excluding carboxylic acids is 2. The van der Waals surface area contributed by atoms with Crippen LogP contribution in [0.4, 0.5) is 5.13 Å². The van der Waals surface area contributed by atoms with Crippen LogP contribution in [0.1, 0.15) is 41.9 Å². The number of aliphatic hydroxyl groups is 1. The molecule has 13 heteroatoms. The highest BCUT2D eigenvalue weighted by molar-refractivity contribution is 8.00. The van der Waals surface area contributed by atoms with Gasteiger partial charge in [-0.2, -0.15) is 0 Å². The van der Waals surface area contributed by atoms with Gasteiger partial charge in [0.15, 0.2) is 10.1 Å². The Labute approximate surface area is 271 Å². The van der Waals surface area contributed by atoms with Crippen LogP contribution in [0.25, 0.3) is 11.4 Å². The highest BCUT2D eigenvalue weighted by Crippen LogP contribution is 2.45. The average molecular weight is 667 g/mol. The normalized spacial score (nSPS) is 16.3. The molecule has 6 rings (SSSR count). The van der Waals surface area contributed by atoms with E-state index in [0.717, 1.165) is 12.0 Å². The second-order valence-electron chi connectivity index (χ2n) is 9.94. The van der Waals surface area contributed by atoms with Crippen molar-refractivity contribution in [2.24, 2.45) is 0 Å². The largest absolute Gasteiger partial charge is 0.505 e. The number of benzene rings is 2. The molecule has 1 N–H and O–H groups in total. The monoisotopic (exact) mass is 665 g/mol. The molecule has 1 atom stereocenters. The van der Waals surface area contributed by atoms with Crippen molar-refractivity contribution >= 4 is 74.5 Å². The van der Waals surface area contributed by atoms with Crippen LogP contribution >= 0.6 is 46.3 Å². The number of fused-ring (bicyclic) bond motifs is 1. The molecule has 4 heterocycles. The number of pyridine rings is 1. The molecule has 224 valence electrons. The Balaban J connectivity index is 1.41. The second-order valence-corrected chi connectivity index (χ2v) is 13.0. The molecule has 0 radical (unpaired) electrons. The Morgan fingerprint density at radius 3 is 2.64 bits per heavy atom. The number of Topliss-reactive ketones (excluding diaryl/α,β-unsaturated/α-hetero) is 1. The van der Waals surface area contributed by atoms with E-state index in [-0.39, 0.29) is 16.5 Å². The van der Waals surface area contributed by atoms with E-state index in [0.29, 0.717) is 55.1 Å². The zero-order valence-electron chi connectivity index (χ0n) is 23.5. The predicted octanol–water partition coefficient (Wildman–Crippen LogP) is 7.51. The van der Waals surface area contributed by atoms with Crippen LogP contribution in [-0.2, 0) is 15.3 Å². The Kier molecular flexibility index (Phi) is 8.64. The number of hydrogen-bond acceptors (Lipinski definition) is 9. The van der Waals surface area contributed by atoms with Gasteiger partial charge >= 0.3 is 5.91 Å². The molecule has 1 saturated heterocycles. The first kappa shape index (κ1) is 30.1. The predicted molar refractivity (Wildman–Crippen MR) is 173 cm³/mol. The molecule has 9 nitrogen and oxygen atoms in total. The number of hydrogen-bond donors (Lipinski definition) is 1. The zero-order chi connectivity index (χ0) is 31.0. The summed E-state index contributed by atoms with van der Waals surface area (Å²) < 4.78 is 8.01. The van der Waals surface area contributed by atoms with Crippen LogP contribution in [0.2, 0.25) is 10.0 Å². The molecule has 44 heavy (non-hydrogen) atoms. The second kappa shape index (κ2) is 12.6. The van der Waals surface area contributed by atoms with E-state index in [1.54, 1.807) is 66.1 Å². The fourth-order valence-corrected chi connectivity index (χ4v) is 7.40. The number of rotatable bonds is 9. The first-order valence-corrected chi connectivity index (χ1v) is 16.2. The van der Waals surface area contributed by atoms with E-state index in [4.69, 9.17) is 27.9 Å². The number of imidazole rings is 1. The quantitative estimate of drug-likeness (QED) is 0.0566. The molecule has 1 aliphatic heterocycles. The number of thioether (sulfide) groups is 1. The number of ketones is 1. The van der Waals surface area contributed by atoms with Crippen molar-refractivity contribution in [1.29, 1.82) is 0 Å². The van der Waals surface area contributed by atoms with Gasteiger partial charge in [-0.25, -0.2) is 4.98 Å². The van der Waals surface area contributed by atoms with Crippen LogP contribution in [0.3, 0.4) is 0 Å². The summed E-state index contributed by atoms with van der Waals surface area (Å²) in [5.74, 6) is -0.820. The first-order chi connectivity index (χ1) is 21.3. The van der Waals surface area contributed by atoms with Gasteiger partial charge in [-0.05, 0) is 60.9 Å². The van der Waals surface area contributed by atoms with E-state index >= 15 is 0 Å². The van der Waals surface area contributed by atoms with Crippen molar-refractivity contribution in [3.05, 3.63) is 105 Å². The van der Waals surface area contributed by atoms with Gasteiger partial charge in [0.1, 0.15) is 17.1 Å². The standard InChI is InChI=1S/C31H25Cl2N5O4S2/c1-3-14-42-21-11-8-18(9-12-21)26-24(27(39)25-17(2)34-23-6-4-5-13-37(23)25)28(40)29(41)38(26)30-35-36-31(44-30)43-16-19-7-10-20(32)15-22(19)33/h4-13,15,26,39H,3,14,16H2,1-2H3/b27-24+. The van der Waals surface area contributed by atoms with Crippen molar-refractivity contribution in [2.45, 2.75) is 36.4 Å². The Hall–Kier alpha value is -3.90. The lowest BCUT2D eigenvalue weighted by atomic mass is 9.96. The van der Waals surface area contributed by atoms with Crippen LogP contribution in [0.15, 0.2) is 76.8 Å². The summed E-state index contributed by atoms with van der Waals surface area (Å²) in [6.45, 7) is 4.31. The van der Waals surface area contributed by atoms with Crippen molar-refractivity contribution in [2.75, 3.05) is 11.5 Å². The van der Waals surface area contributed by atoms with Crippen LogP contribution in [0, 0.1) is 6.92 Å². The Bertz CT molecular complexity index is 1920. The summed E-state index contributed by atoms with van der Waals surface area (Å²) in [5, 5.41) is 21.6. The van der Waals surface area contributed by atoms with E-state index in [1.807, 2.05) is 19.1 Å². The van der Waals surface area contributed by atoms with Gasteiger partial charge in [-0.3, -0.25) is 18.9 Å². The number of halogens is 2. The number of aromatic nitrogens is 4. The molecule has 0 aliphatic carbocycles. The van der Waals surface area contributed by atoms with Gasteiger partial charge in [0.05, 0.1) is 23.9 Å². The summed E-state index contributed by atoms with van der Waals surface area (Å²) in [6.07, 6.45) is 2.60. The van der Waals surface area contributed by atoms with Gasteiger partial charge in [-0.15, -0.1) is 10.2 Å². The van der Waals surface area contributed by atoms with Gasteiger partial charge in [0.25, 0.3) is 5.78 Å². The molecule has 1 fully saturated rings. The smallest absolute Gasteiger partial charge is 0.301 e. The Morgan fingerprint density at radius 2 is 1.89 bits per heavy atom. The number of aliphatic hydroxyl groups excluding tert-OH is 1. The van der Waals surface area contributed by atoms with E-state index in [9.17, 15) is 14.7 Å². The van der Waals surface area contributed by atoms with E-state index < -0.39 is 17.7 Å². The lowest BCUT2D eigenvalue weighted by Gasteiger charge is -2.22. The third-order valence-corrected chi connectivity index (χ3v) is 9.70. The molecular formula is C31H25Cl2N5O4S2. The first-order valence-electron chi connectivity index (χ1n) is 13.6. The number of ether oxygens (including phenoxy) is 1. The summed E-state index contributed by atoms with van der Waals surface area (Å²) in [4.78, 5) is 33.2. The summed E-state index contributed by atoms with van der Waals surface area (Å²) >= 11 is 14.9. The highest BCUT2D eigenvalue weighted by atomic mass is 35.5.